The molecule has 0 heterocycles. The van der Waals surface area contributed by atoms with Crippen LogP contribution in [0.1, 0.15) is 39.7 Å². The van der Waals surface area contributed by atoms with Crippen LogP contribution in [0.4, 0.5) is 4.39 Å². The summed E-state index contributed by atoms with van der Waals surface area (Å²) in [6.07, 6.45) is 3.94. The first kappa shape index (κ1) is 15.4. The number of rotatable bonds is 4. The molecule has 1 atom stereocenters. The van der Waals surface area contributed by atoms with Crippen LogP contribution in [0.15, 0.2) is 30.3 Å². The second-order valence-electron chi connectivity index (χ2n) is 5.81. The lowest BCUT2D eigenvalue weighted by Gasteiger charge is -2.27. The van der Waals surface area contributed by atoms with Gasteiger partial charge in [0, 0.05) is 12.5 Å². The average molecular weight is 263 g/mol. The quantitative estimate of drug-likeness (QED) is 0.880. The molecule has 0 radical (unpaired) electrons. The first-order valence-electron chi connectivity index (χ1n) is 6.50. The molecule has 1 aromatic rings. The first-order chi connectivity index (χ1) is 8.79. The van der Waals surface area contributed by atoms with Gasteiger partial charge in [-0.3, -0.25) is 4.79 Å². The highest BCUT2D eigenvalue weighted by Gasteiger charge is 2.20. The number of carbonyl (C=O) groups excluding carboxylic acids is 1. The van der Waals surface area contributed by atoms with E-state index in [-0.39, 0.29) is 23.2 Å². The molecule has 1 N–H and O–H groups in total. The van der Waals surface area contributed by atoms with Crippen LogP contribution in [0.5, 0.6) is 0 Å². The first-order valence-corrected chi connectivity index (χ1v) is 6.50. The minimum absolute atomic E-state index is 0.000728. The minimum atomic E-state index is -0.256. The number of benzene rings is 1. The topological polar surface area (TPSA) is 29.1 Å². The molecular weight excluding hydrogens is 241 g/mol. The molecule has 0 saturated heterocycles. The summed E-state index contributed by atoms with van der Waals surface area (Å²) >= 11 is 0. The lowest BCUT2D eigenvalue weighted by Crippen LogP contribution is -2.41. The van der Waals surface area contributed by atoms with E-state index in [9.17, 15) is 9.18 Å². The SMILES string of the molecule is C[C@@H](NC(=O)C/C=C\c1ccc(F)cc1)C(C)(C)C. The molecule has 0 aliphatic heterocycles. The van der Waals surface area contributed by atoms with Crippen LogP contribution in [-0.4, -0.2) is 11.9 Å². The lowest BCUT2D eigenvalue weighted by atomic mass is 9.88. The van der Waals surface area contributed by atoms with Gasteiger partial charge < -0.3 is 5.32 Å². The van der Waals surface area contributed by atoms with Crippen molar-refractivity contribution in [1.29, 1.82) is 0 Å². The molecule has 0 aliphatic carbocycles. The normalized spacial score (nSPS) is 13.5. The van der Waals surface area contributed by atoms with Gasteiger partial charge in [-0.05, 0) is 30.0 Å². The van der Waals surface area contributed by atoms with Gasteiger partial charge in [-0.15, -0.1) is 0 Å². The predicted octanol–water partition coefficient (Wildman–Crippen LogP) is 3.78. The Hall–Kier alpha value is -1.64. The van der Waals surface area contributed by atoms with Crippen molar-refractivity contribution in [2.45, 2.75) is 40.2 Å². The number of amides is 1. The zero-order valence-corrected chi connectivity index (χ0v) is 12.0. The van der Waals surface area contributed by atoms with Crippen molar-refractivity contribution < 1.29 is 9.18 Å². The van der Waals surface area contributed by atoms with Gasteiger partial charge in [0.25, 0.3) is 0 Å². The van der Waals surface area contributed by atoms with Crippen molar-refractivity contribution in [3.8, 4) is 0 Å². The molecule has 0 aromatic heterocycles. The summed E-state index contributed by atoms with van der Waals surface area (Å²) in [5.41, 5.74) is 0.939. The maximum Gasteiger partial charge on any atom is 0.224 e. The second-order valence-corrected chi connectivity index (χ2v) is 5.81. The third-order valence-corrected chi connectivity index (χ3v) is 3.16. The Balaban J connectivity index is 2.44. The molecule has 0 bridgehead atoms. The Morgan fingerprint density at radius 3 is 2.42 bits per heavy atom. The van der Waals surface area contributed by atoms with Crippen molar-refractivity contribution >= 4 is 12.0 Å². The molecule has 0 saturated carbocycles. The van der Waals surface area contributed by atoms with Crippen molar-refractivity contribution in [3.63, 3.8) is 0 Å². The summed E-state index contributed by atoms with van der Waals surface area (Å²) in [7, 11) is 0. The predicted molar refractivity (Wildman–Crippen MR) is 77.1 cm³/mol. The zero-order valence-electron chi connectivity index (χ0n) is 12.0. The highest BCUT2D eigenvalue weighted by atomic mass is 19.1. The van der Waals surface area contributed by atoms with Crippen LogP contribution in [0, 0.1) is 11.2 Å². The summed E-state index contributed by atoms with van der Waals surface area (Å²) in [4.78, 5) is 11.7. The molecule has 0 spiro atoms. The van der Waals surface area contributed by atoms with E-state index in [1.807, 2.05) is 13.0 Å². The minimum Gasteiger partial charge on any atom is -0.353 e. The molecule has 1 amide bonds. The van der Waals surface area contributed by atoms with Gasteiger partial charge >= 0.3 is 0 Å². The third-order valence-electron chi connectivity index (χ3n) is 3.16. The summed E-state index contributed by atoms with van der Waals surface area (Å²) in [5.74, 6) is -0.255. The maximum absolute atomic E-state index is 12.7. The molecule has 2 nitrogen and oxygen atoms in total. The molecular formula is C16H22FNO. The highest BCUT2D eigenvalue weighted by Crippen LogP contribution is 2.18. The van der Waals surface area contributed by atoms with Gasteiger partial charge in [-0.1, -0.05) is 45.1 Å². The lowest BCUT2D eigenvalue weighted by molar-refractivity contribution is -0.121. The van der Waals surface area contributed by atoms with Gasteiger partial charge in [-0.25, -0.2) is 4.39 Å². The zero-order chi connectivity index (χ0) is 14.5. The summed E-state index contributed by atoms with van der Waals surface area (Å²) < 4.78 is 12.7. The third kappa shape index (κ3) is 5.69. The molecule has 1 aromatic carbocycles. The Kier molecular flexibility index (Phi) is 5.28. The Labute approximate surface area is 114 Å². The Bertz CT molecular complexity index is 443. The van der Waals surface area contributed by atoms with Crippen LogP contribution in [0.3, 0.4) is 0 Å². The fourth-order valence-corrected chi connectivity index (χ4v) is 1.39. The molecule has 0 fully saturated rings. The van der Waals surface area contributed by atoms with E-state index in [2.05, 4.69) is 26.1 Å². The highest BCUT2D eigenvalue weighted by molar-refractivity contribution is 5.78. The Morgan fingerprint density at radius 2 is 1.89 bits per heavy atom. The van der Waals surface area contributed by atoms with Crippen molar-refractivity contribution in [2.75, 3.05) is 0 Å². The van der Waals surface area contributed by atoms with Crippen molar-refractivity contribution in [1.82, 2.24) is 5.32 Å². The smallest absolute Gasteiger partial charge is 0.224 e. The van der Waals surface area contributed by atoms with Crippen LogP contribution >= 0.6 is 0 Å². The summed E-state index contributed by atoms with van der Waals surface area (Å²) in [6, 6.07) is 6.30. The van der Waals surface area contributed by atoms with E-state index in [0.717, 1.165) is 5.56 Å². The van der Waals surface area contributed by atoms with Crippen molar-refractivity contribution in [3.05, 3.63) is 41.7 Å². The molecule has 1 rings (SSSR count). The number of hydrogen-bond acceptors (Lipinski definition) is 1. The van der Waals surface area contributed by atoms with Crippen LogP contribution in [0.2, 0.25) is 0 Å². The average Bonchev–Trinajstić information content (AvgIpc) is 2.30. The van der Waals surface area contributed by atoms with Gasteiger partial charge in [0.2, 0.25) is 5.91 Å². The number of carbonyl (C=O) groups is 1. The summed E-state index contributed by atoms with van der Waals surface area (Å²) in [5, 5.41) is 2.97. The number of nitrogens with one attached hydrogen (secondary N) is 1. The summed E-state index contributed by atoms with van der Waals surface area (Å²) in [6.45, 7) is 8.27. The van der Waals surface area contributed by atoms with E-state index in [1.54, 1.807) is 18.2 Å². The molecule has 3 heteroatoms. The maximum atomic E-state index is 12.7. The fourth-order valence-electron chi connectivity index (χ4n) is 1.39. The Morgan fingerprint density at radius 1 is 1.32 bits per heavy atom. The monoisotopic (exact) mass is 263 g/mol. The molecule has 0 unspecified atom stereocenters. The van der Waals surface area contributed by atoms with Gasteiger partial charge in [0.1, 0.15) is 5.82 Å². The van der Waals surface area contributed by atoms with Crippen LogP contribution in [-0.2, 0) is 4.79 Å². The number of hydrogen-bond donors (Lipinski definition) is 1. The molecule has 104 valence electrons. The van der Waals surface area contributed by atoms with Crippen molar-refractivity contribution in [2.24, 2.45) is 5.41 Å². The van der Waals surface area contributed by atoms with E-state index in [4.69, 9.17) is 0 Å². The fraction of sp³-hybridized carbons (Fsp3) is 0.438. The van der Waals surface area contributed by atoms with Gasteiger partial charge in [0.15, 0.2) is 0 Å². The number of halogens is 1. The largest absolute Gasteiger partial charge is 0.353 e. The van der Waals surface area contributed by atoms with Crippen LogP contribution < -0.4 is 5.32 Å². The molecule has 19 heavy (non-hydrogen) atoms. The van der Waals surface area contributed by atoms with E-state index in [1.165, 1.54) is 12.1 Å². The second kappa shape index (κ2) is 6.50. The van der Waals surface area contributed by atoms with Gasteiger partial charge in [0.05, 0.1) is 0 Å². The standard InChI is InChI=1S/C16H22FNO/c1-12(16(2,3)4)18-15(19)7-5-6-13-8-10-14(17)11-9-13/h5-6,8-12H,7H2,1-4H3,(H,18,19)/b6-5-/t12-/m1/s1. The van der Waals surface area contributed by atoms with E-state index >= 15 is 0 Å². The van der Waals surface area contributed by atoms with Crippen LogP contribution in [0.25, 0.3) is 6.08 Å². The van der Waals surface area contributed by atoms with E-state index in [0.29, 0.717) is 6.42 Å². The molecule has 0 aliphatic rings. The van der Waals surface area contributed by atoms with Gasteiger partial charge in [-0.2, -0.15) is 0 Å². The van der Waals surface area contributed by atoms with E-state index < -0.39 is 0 Å².